The summed E-state index contributed by atoms with van der Waals surface area (Å²) in [5, 5.41) is 0. The van der Waals surface area contributed by atoms with Crippen molar-refractivity contribution < 1.29 is 0 Å². The van der Waals surface area contributed by atoms with Crippen molar-refractivity contribution in [1.82, 2.24) is 4.98 Å². The molecule has 4 heteroatoms. The molecular weight excluding hydrogens is 324 g/mol. The van der Waals surface area contributed by atoms with Crippen LogP contribution in [0, 0.1) is 11.8 Å². The predicted molar refractivity (Wildman–Crippen MR) is 85.9 cm³/mol. The molecule has 1 aromatic heterocycles. The number of hydrogen-bond acceptors (Lipinski definition) is 2. The molecule has 0 radical (unpaired) electrons. The SMILES string of the molecule is CC(C)C1CCCN(c2ncc(Br)cc2CCl)CC1. The first kappa shape index (κ1) is 15.1. The summed E-state index contributed by atoms with van der Waals surface area (Å²) < 4.78 is 1.00. The van der Waals surface area contributed by atoms with Crippen molar-refractivity contribution in [1.29, 1.82) is 0 Å². The van der Waals surface area contributed by atoms with Crippen molar-refractivity contribution in [3.05, 3.63) is 22.3 Å². The summed E-state index contributed by atoms with van der Waals surface area (Å²) in [4.78, 5) is 6.99. The molecule has 2 heterocycles. The number of nitrogens with zero attached hydrogens (tertiary/aromatic N) is 2. The quantitative estimate of drug-likeness (QED) is 0.728. The van der Waals surface area contributed by atoms with E-state index >= 15 is 0 Å². The molecule has 1 unspecified atom stereocenters. The van der Waals surface area contributed by atoms with Gasteiger partial charge in [0.05, 0.1) is 5.88 Å². The van der Waals surface area contributed by atoms with Gasteiger partial charge in [-0.05, 0) is 53.1 Å². The van der Waals surface area contributed by atoms with Crippen LogP contribution in [0.25, 0.3) is 0 Å². The molecule has 0 aliphatic carbocycles. The van der Waals surface area contributed by atoms with E-state index in [1.54, 1.807) is 0 Å². The second-order valence-electron chi connectivity index (χ2n) is 5.69. The molecule has 1 atom stereocenters. The molecule has 0 N–H and O–H groups in total. The first-order valence-corrected chi connectivity index (χ1v) is 8.40. The first-order chi connectivity index (χ1) is 9.11. The van der Waals surface area contributed by atoms with Crippen molar-refractivity contribution in [2.45, 2.75) is 39.0 Å². The zero-order valence-corrected chi connectivity index (χ0v) is 14.0. The van der Waals surface area contributed by atoms with E-state index in [4.69, 9.17) is 11.6 Å². The molecule has 0 amide bonds. The average Bonchev–Trinajstić information content (AvgIpc) is 2.64. The van der Waals surface area contributed by atoms with Crippen LogP contribution in [0.4, 0.5) is 5.82 Å². The van der Waals surface area contributed by atoms with Crippen LogP contribution in [0.1, 0.15) is 38.7 Å². The molecule has 1 aliphatic heterocycles. The van der Waals surface area contributed by atoms with Crippen LogP contribution in [-0.4, -0.2) is 18.1 Å². The number of hydrogen-bond donors (Lipinski definition) is 0. The van der Waals surface area contributed by atoms with Gasteiger partial charge in [-0.2, -0.15) is 0 Å². The molecule has 2 rings (SSSR count). The van der Waals surface area contributed by atoms with Gasteiger partial charge in [0, 0.05) is 29.3 Å². The van der Waals surface area contributed by atoms with Gasteiger partial charge in [0.1, 0.15) is 5.82 Å². The van der Waals surface area contributed by atoms with E-state index in [1.807, 2.05) is 6.20 Å². The van der Waals surface area contributed by atoms with Crippen LogP contribution in [0.5, 0.6) is 0 Å². The Morgan fingerprint density at radius 1 is 1.42 bits per heavy atom. The fraction of sp³-hybridized carbons (Fsp3) is 0.667. The minimum atomic E-state index is 0.520. The van der Waals surface area contributed by atoms with Crippen molar-refractivity contribution >= 4 is 33.3 Å². The van der Waals surface area contributed by atoms with E-state index in [0.29, 0.717) is 5.88 Å². The molecule has 1 saturated heterocycles. The Labute approximate surface area is 129 Å². The van der Waals surface area contributed by atoms with E-state index in [9.17, 15) is 0 Å². The summed E-state index contributed by atoms with van der Waals surface area (Å²) in [5.41, 5.74) is 1.12. The van der Waals surface area contributed by atoms with Crippen LogP contribution >= 0.6 is 27.5 Å². The molecule has 1 aromatic rings. The lowest BCUT2D eigenvalue weighted by atomic mass is 9.89. The fourth-order valence-corrected chi connectivity index (χ4v) is 3.43. The van der Waals surface area contributed by atoms with E-state index in [-0.39, 0.29) is 0 Å². The first-order valence-electron chi connectivity index (χ1n) is 7.07. The molecular formula is C15H22BrClN2. The standard InChI is InChI=1S/C15H22BrClN2/c1-11(2)12-4-3-6-19(7-5-12)15-13(9-17)8-14(16)10-18-15/h8,10-12H,3-7,9H2,1-2H3. The molecule has 1 aliphatic rings. The number of aromatic nitrogens is 1. The van der Waals surface area contributed by atoms with Crippen molar-refractivity contribution in [3.8, 4) is 0 Å². The molecule has 106 valence electrons. The number of rotatable bonds is 3. The summed E-state index contributed by atoms with van der Waals surface area (Å²) in [6, 6.07) is 2.08. The van der Waals surface area contributed by atoms with Crippen LogP contribution in [0.2, 0.25) is 0 Å². The molecule has 19 heavy (non-hydrogen) atoms. The Morgan fingerprint density at radius 3 is 2.89 bits per heavy atom. The topological polar surface area (TPSA) is 16.1 Å². The van der Waals surface area contributed by atoms with Gasteiger partial charge in [0.25, 0.3) is 0 Å². The second kappa shape index (κ2) is 6.94. The maximum Gasteiger partial charge on any atom is 0.133 e. The Hall–Kier alpha value is -0.280. The lowest BCUT2D eigenvalue weighted by Crippen LogP contribution is -2.26. The van der Waals surface area contributed by atoms with Crippen LogP contribution in [0.3, 0.4) is 0 Å². The third kappa shape index (κ3) is 3.85. The minimum absolute atomic E-state index is 0.520. The lowest BCUT2D eigenvalue weighted by Gasteiger charge is -2.24. The van der Waals surface area contributed by atoms with Gasteiger partial charge in [-0.25, -0.2) is 4.98 Å². The zero-order valence-electron chi connectivity index (χ0n) is 11.7. The predicted octanol–water partition coefficient (Wildman–Crippen LogP) is 4.85. The van der Waals surface area contributed by atoms with Crippen molar-refractivity contribution in [2.24, 2.45) is 11.8 Å². The van der Waals surface area contributed by atoms with Crippen LogP contribution in [0.15, 0.2) is 16.7 Å². The lowest BCUT2D eigenvalue weighted by molar-refractivity contribution is 0.351. The number of alkyl halides is 1. The van der Waals surface area contributed by atoms with E-state index in [0.717, 1.165) is 40.8 Å². The van der Waals surface area contributed by atoms with Gasteiger partial charge < -0.3 is 4.90 Å². The van der Waals surface area contributed by atoms with Crippen LogP contribution < -0.4 is 4.90 Å². The van der Waals surface area contributed by atoms with Gasteiger partial charge in [-0.1, -0.05) is 13.8 Å². The van der Waals surface area contributed by atoms with Crippen molar-refractivity contribution in [2.75, 3.05) is 18.0 Å². The maximum absolute atomic E-state index is 6.06. The summed E-state index contributed by atoms with van der Waals surface area (Å²) in [5.74, 6) is 3.22. The third-order valence-electron chi connectivity index (χ3n) is 4.07. The molecule has 0 bridgehead atoms. The van der Waals surface area contributed by atoms with Gasteiger partial charge >= 0.3 is 0 Å². The smallest absolute Gasteiger partial charge is 0.133 e. The largest absolute Gasteiger partial charge is 0.356 e. The summed E-state index contributed by atoms with van der Waals surface area (Å²) in [6.07, 6.45) is 5.72. The Bertz CT molecular complexity index is 423. The number of pyridine rings is 1. The van der Waals surface area contributed by atoms with E-state index < -0.39 is 0 Å². The van der Waals surface area contributed by atoms with Gasteiger partial charge in [-0.3, -0.25) is 0 Å². The normalized spacial score (nSPS) is 20.7. The summed E-state index contributed by atoms with van der Waals surface area (Å²) in [7, 11) is 0. The average molecular weight is 346 g/mol. The molecule has 0 spiro atoms. The van der Waals surface area contributed by atoms with Crippen LogP contribution in [-0.2, 0) is 5.88 Å². The van der Waals surface area contributed by atoms with E-state index in [2.05, 4.69) is 45.7 Å². The zero-order chi connectivity index (χ0) is 13.8. The monoisotopic (exact) mass is 344 g/mol. The van der Waals surface area contributed by atoms with Crippen molar-refractivity contribution in [3.63, 3.8) is 0 Å². The number of anilines is 1. The molecule has 0 saturated carbocycles. The molecule has 0 aromatic carbocycles. The minimum Gasteiger partial charge on any atom is -0.356 e. The second-order valence-corrected chi connectivity index (χ2v) is 6.87. The summed E-state index contributed by atoms with van der Waals surface area (Å²) >= 11 is 9.52. The Morgan fingerprint density at radius 2 is 2.21 bits per heavy atom. The highest BCUT2D eigenvalue weighted by atomic mass is 79.9. The highest BCUT2D eigenvalue weighted by molar-refractivity contribution is 9.10. The number of halogens is 2. The third-order valence-corrected chi connectivity index (χ3v) is 4.79. The summed E-state index contributed by atoms with van der Waals surface area (Å²) in [6.45, 7) is 6.87. The van der Waals surface area contributed by atoms with E-state index in [1.165, 1.54) is 19.3 Å². The molecule has 2 nitrogen and oxygen atoms in total. The maximum atomic E-state index is 6.06. The van der Waals surface area contributed by atoms with Gasteiger partial charge in [0.15, 0.2) is 0 Å². The fourth-order valence-electron chi connectivity index (χ4n) is 2.86. The highest BCUT2D eigenvalue weighted by Crippen LogP contribution is 2.29. The molecule has 1 fully saturated rings. The highest BCUT2D eigenvalue weighted by Gasteiger charge is 2.21. The van der Waals surface area contributed by atoms with Gasteiger partial charge in [-0.15, -0.1) is 11.6 Å². The Balaban J connectivity index is 2.14. The van der Waals surface area contributed by atoms with Gasteiger partial charge in [0.2, 0.25) is 0 Å². The Kier molecular flexibility index (Phi) is 5.52.